The van der Waals surface area contributed by atoms with Crippen molar-refractivity contribution in [3.8, 4) is 0 Å². The van der Waals surface area contributed by atoms with Gasteiger partial charge < -0.3 is 5.32 Å². The van der Waals surface area contributed by atoms with Crippen molar-refractivity contribution in [1.82, 2.24) is 9.29 Å². The predicted octanol–water partition coefficient (Wildman–Crippen LogP) is 5.17. The van der Waals surface area contributed by atoms with Crippen LogP contribution < -0.4 is 5.32 Å². The molecule has 10 heteroatoms. The van der Waals surface area contributed by atoms with E-state index in [2.05, 4.69) is 36.3 Å². The fraction of sp³-hybridized carbons (Fsp3) is 0.400. The molecule has 30 heavy (non-hydrogen) atoms. The molecule has 1 aliphatic heterocycles. The van der Waals surface area contributed by atoms with Crippen LogP contribution in [0.15, 0.2) is 34.5 Å². The van der Waals surface area contributed by atoms with E-state index in [1.165, 1.54) is 27.3 Å². The molecule has 0 spiro atoms. The first-order chi connectivity index (χ1) is 14.2. The number of carbonyl (C=O) groups is 1. The number of hydrogen-bond acceptors (Lipinski definition) is 6. The molecular weight excluding hydrogens is 462 g/mol. The molecule has 1 aliphatic rings. The van der Waals surface area contributed by atoms with E-state index in [4.69, 9.17) is 11.6 Å². The molecular formula is C20H22ClN3O3S3. The Hall–Kier alpha value is -1.52. The van der Waals surface area contributed by atoms with Crippen LogP contribution in [-0.2, 0) is 14.8 Å². The third-order valence-corrected chi connectivity index (χ3v) is 9.70. The Bertz CT molecular complexity index is 1190. The quantitative estimate of drug-likeness (QED) is 0.542. The van der Waals surface area contributed by atoms with E-state index in [0.29, 0.717) is 34.8 Å². The molecule has 1 fully saturated rings. The monoisotopic (exact) mass is 483 g/mol. The molecule has 0 radical (unpaired) electrons. The highest BCUT2D eigenvalue weighted by Crippen LogP contribution is 2.32. The number of thiazole rings is 1. The van der Waals surface area contributed by atoms with Gasteiger partial charge in [0.05, 0.1) is 20.5 Å². The Morgan fingerprint density at radius 3 is 2.77 bits per heavy atom. The lowest BCUT2D eigenvalue weighted by molar-refractivity contribution is -0.120. The summed E-state index contributed by atoms with van der Waals surface area (Å²) in [7, 11) is -3.64. The molecule has 1 N–H and O–H groups in total. The minimum Gasteiger partial charge on any atom is -0.302 e. The van der Waals surface area contributed by atoms with Crippen molar-refractivity contribution in [2.75, 3.05) is 18.4 Å². The van der Waals surface area contributed by atoms with E-state index in [1.807, 2.05) is 6.07 Å². The third-order valence-electron chi connectivity index (χ3n) is 5.21. The van der Waals surface area contributed by atoms with Crippen LogP contribution in [0.1, 0.15) is 38.2 Å². The van der Waals surface area contributed by atoms with E-state index in [9.17, 15) is 13.2 Å². The maximum Gasteiger partial charge on any atom is 0.252 e. The smallest absolute Gasteiger partial charge is 0.252 e. The summed E-state index contributed by atoms with van der Waals surface area (Å²) in [6.45, 7) is 4.84. The molecule has 160 valence electrons. The lowest BCUT2D eigenvalue weighted by Gasteiger charge is -2.30. The topological polar surface area (TPSA) is 79.4 Å². The van der Waals surface area contributed by atoms with Gasteiger partial charge in [-0.1, -0.05) is 42.9 Å². The van der Waals surface area contributed by atoms with Crippen LogP contribution in [0.4, 0.5) is 5.13 Å². The maximum atomic E-state index is 12.9. The number of piperidine rings is 1. The van der Waals surface area contributed by atoms with Crippen LogP contribution in [0, 0.1) is 5.92 Å². The first kappa shape index (κ1) is 21.7. The fourth-order valence-electron chi connectivity index (χ4n) is 3.50. The van der Waals surface area contributed by atoms with Crippen LogP contribution >= 0.6 is 34.3 Å². The highest BCUT2D eigenvalue weighted by molar-refractivity contribution is 7.91. The lowest BCUT2D eigenvalue weighted by atomic mass is 9.99. The van der Waals surface area contributed by atoms with Crippen molar-refractivity contribution < 1.29 is 13.2 Å². The second kappa shape index (κ2) is 8.55. The van der Waals surface area contributed by atoms with Crippen molar-refractivity contribution >= 4 is 65.6 Å². The molecule has 0 aliphatic carbocycles. The molecule has 0 bridgehead atoms. The van der Waals surface area contributed by atoms with Crippen molar-refractivity contribution in [2.45, 2.75) is 36.8 Å². The van der Waals surface area contributed by atoms with E-state index in [-0.39, 0.29) is 16.7 Å². The summed E-state index contributed by atoms with van der Waals surface area (Å²) in [6.07, 6.45) is 1.28. The van der Waals surface area contributed by atoms with E-state index >= 15 is 0 Å². The Kier molecular flexibility index (Phi) is 6.18. The number of fused-ring (bicyclic) bond motifs is 1. The molecule has 0 saturated carbocycles. The van der Waals surface area contributed by atoms with Crippen molar-refractivity contribution in [1.29, 1.82) is 0 Å². The zero-order valence-corrected chi connectivity index (χ0v) is 19.8. The van der Waals surface area contributed by atoms with Gasteiger partial charge in [-0.3, -0.25) is 4.79 Å². The van der Waals surface area contributed by atoms with Gasteiger partial charge in [-0.15, -0.1) is 11.3 Å². The van der Waals surface area contributed by atoms with Gasteiger partial charge in [0.1, 0.15) is 4.21 Å². The van der Waals surface area contributed by atoms with Crippen molar-refractivity contribution in [3.63, 3.8) is 0 Å². The van der Waals surface area contributed by atoms with Crippen LogP contribution in [0.5, 0.6) is 0 Å². The van der Waals surface area contributed by atoms with E-state index in [0.717, 1.165) is 21.6 Å². The number of benzene rings is 1. The molecule has 3 heterocycles. The van der Waals surface area contributed by atoms with Gasteiger partial charge >= 0.3 is 0 Å². The zero-order chi connectivity index (χ0) is 21.5. The number of amides is 1. The average molecular weight is 484 g/mol. The molecule has 2 aromatic heterocycles. The predicted molar refractivity (Wildman–Crippen MR) is 123 cm³/mol. The molecule has 1 amide bonds. The number of rotatable bonds is 5. The summed E-state index contributed by atoms with van der Waals surface area (Å²) >= 11 is 8.37. The van der Waals surface area contributed by atoms with Gasteiger partial charge in [-0.05, 0) is 48.6 Å². The number of sulfonamides is 1. The SMILES string of the molecule is CC(C)c1ccc2nc(NC(=O)C3CCCN(S(=O)(=O)c4ccc(Cl)s4)C3)sc2c1. The second-order valence-electron chi connectivity index (χ2n) is 7.65. The Balaban J connectivity index is 1.47. The van der Waals surface area contributed by atoms with E-state index < -0.39 is 15.9 Å². The third kappa shape index (κ3) is 4.40. The summed E-state index contributed by atoms with van der Waals surface area (Å²) in [5.74, 6) is -0.188. The Labute approximate surface area is 188 Å². The summed E-state index contributed by atoms with van der Waals surface area (Å²) in [5.41, 5.74) is 2.08. The van der Waals surface area contributed by atoms with Crippen molar-refractivity contribution in [3.05, 3.63) is 40.2 Å². The van der Waals surface area contributed by atoms with E-state index in [1.54, 1.807) is 6.07 Å². The Morgan fingerprint density at radius 1 is 1.27 bits per heavy atom. The summed E-state index contributed by atoms with van der Waals surface area (Å²) in [4.78, 5) is 17.4. The summed E-state index contributed by atoms with van der Waals surface area (Å²) in [6, 6.07) is 9.22. The number of anilines is 1. The standard InChI is InChI=1S/C20H22ClN3O3S3/c1-12(2)13-5-6-15-16(10-13)28-20(22-15)23-19(25)14-4-3-9-24(11-14)30(26,27)18-8-7-17(21)29-18/h5-8,10,12,14H,3-4,9,11H2,1-2H3,(H,22,23,25). The second-order valence-corrected chi connectivity index (χ2v) is 12.6. The van der Waals surface area contributed by atoms with Crippen LogP contribution in [0.2, 0.25) is 4.34 Å². The lowest BCUT2D eigenvalue weighted by Crippen LogP contribution is -2.43. The van der Waals surface area contributed by atoms with Gasteiger partial charge in [0.15, 0.2) is 5.13 Å². The van der Waals surface area contributed by atoms with Crippen LogP contribution in [0.3, 0.4) is 0 Å². The first-order valence-electron chi connectivity index (χ1n) is 9.71. The summed E-state index contributed by atoms with van der Waals surface area (Å²) in [5, 5.41) is 3.44. The van der Waals surface area contributed by atoms with Crippen molar-refractivity contribution in [2.24, 2.45) is 5.92 Å². The minimum absolute atomic E-state index is 0.159. The molecule has 1 atom stereocenters. The molecule has 1 saturated heterocycles. The highest BCUT2D eigenvalue weighted by atomic mass is 35.5. The number of hydrogen-bond donors (Lipinski definition) is 1. The zero-order valence-electron chi connectivity index (χ0n) is 16.6. The van der Waals surface area contributed by atoms with Gasteiger partial charge in [-0.2, -0.15) is 4.31 Å². The van der Waals surface area contributed by atoms with Crippen LogP contribution in [0.25, 0.3) is 10.2 Å². The number of thiophene rings is 1. The maximum absolute atomic E-state index is 12.9. The normalized spacial score (nSPS) is 18.2. The molecule has 1 aromatic carbocycles. The molecule has 4 rings (SSSR count). The van der Waals surface area contributed by atoms with Gasteiger partial charge in [0, 0.05) is 13.1 Å². The Morgan fingerprint density at radius 2 is 2.07 bits per heavy atom. The number of nitrogens with one attached hydrogen (secondary N) is 1. The van der Waals surface area contributed by atoms with Gasteiger partial charge in [0.25, 0.3) is 10.0 Å². The number of nitrogens with zero attached hydrogens (tertiary/aromatic N) is 2. The number of halogens is 1. The minimum atomic E-state index is -3.64. The largest absolute Gasteiger partial charge is 0.302 e. The number of aromatic nitrogens is 1. The molecule has 1 unspecified atom stereocenters. The van der Waals surface area contributed by atoms with Crippen LogP contribution in [-0.4, -0.2) is 36.7 Å². The highest BCUT2D eigenvalue weighted by Gasteiger charge is 2.34. The van der Waals surface area contributed by atoms with Gasteiger partial charge in [-0.25, -0.2) is 13.4 Å². The first-order valence-corrected chi connectivity index (χ1v) is 13.2. The summed E-state index contributed by atoms with van der Waals surface area (Å²) < 4.78 is 28.8. The molecule has 3 aromatic rings. The average Bonchev–Trinajstić information content (AvgIpc) is 3.33. The molecule has 6 nitrogen and oxygen atoms in total. The van der Waals surface area contributed by atoms with Gasteiger partial charge in [0.2, 0.25) is 5.91 Å². The fourth-order valence-corrected chi connectivity index (χ4v) is 7.58. The number of carbonyl (C=O) groups excluding carboxylic acids is 1.